The first kappa shape index (κ1) is 21.9. The summed E-state index contributed by atoms with van der Waals surface area (Å²) in [6.45, 7) is 8.08. The van der Waals surface area contributed by atoms with E-state index >= 15 is 0 Å². The van der Waals surface area contributed by atoms with Gasteiger partial charge in [-0.15, -0.1) is 0 Å². The van der Waals surface area contributed by atoms with Gasteiger partial charge in [0.2, 0.25) is 0 Å². The maximum absolute atomic E-state index is 14.5. The van der Waals surface area contributed by atoms with Gasteiger partial charge >= 0.3 is 0 Å². The van der Waals surface area contributed by atoms with Crippen LogP contribution in [0.15, 0.2) is 35.6 Å². The zero-order chi connectivity index (χ0) is 20.4. The first-order valence-electron chi connectivity index (χ1n) is 10.0. The summed E-state index contributed by atoms with van der Waals surface area (Å²) in [5.41, 5.74) is 1.29. The van der Waals surface area contributed by atoms with Crippen molar-refractivity contribution in [1.82, 2.24) is 20.2 Å². The Morgan fingerprint density at radius 3 is 2.71 bits per heavy atom. The van der Waals surface area contributed by atoms with E-state index in [4.69, 9.17) is 0 Å². The quantitative estimate of drug-likeness (QED) is 0.431. The molecule has 0 radical (unpaired) electrons. The van der Waals surface area contributed by atoms with Crippen molar-refractivity contribution in [2.45, 2.75) is 46.6 Å². The van der Waals surface area contributed by atoms with Gasteiger partial charge in [-0.05, 0) is 50.3 Å². The van der Waals surface area contributed by atoms with Gasteiger partial charge in [0.1, 0.15) is 11.6 Å². The van der Waals surface area contributed by atoms with E-state index in [9.17, 15) is 9.50 Å². The Labute approximate surface area is 166 Å². The number of imidazole rings is 1. The number of nitrogens with one attached hydrogen (secondary N) is 2. The molecule has 1 atom stereocenters. The highest BCUT2D eigenvalue weighted by molar-refractivity contribution is 5.79. The smallest absolute Gasteiger partial charge is 0.191 e. The van der Waals surface area contributed by atoms with E-state index in [2.05, 4.69) is 27.5 Å². The Morgan fingerprint density at radius 1 is 1.29 bits per heavy atom. The number of halogens is 1. The average molecular weight is 390 g/mol. The standard InChI is InChI=1S/C21H32FN5O/c1-4-6-17(9-12-28)14-25-21(23-5-2)26-15-18-7-8-20(19(22)13-18)27-11-10-24-16(27)3/h7-8,10-11,13,17,28H,4-6,9,12,14-15H2,1-3H3,(H2,23,25,26). The predicted octanol–water partition coefficient (Wildman–Crippen LogP) is 3.17. The molecule has 2 rings (SSSR count). The third kappa shape index (κ3) is 6.34. The lowest BCUT2D eigenvalue weighted by molar-refractivity contribution is 0.251. The van der Waals surface area contributed by atoms with Crippen molar-refractivity contribution >= 4 is 5.96 Å². The lowest BCUT2D eigenvalue weighted by Gasteiger charge is -2.18. The van der Waals surface area contributed by atoms with Gasteiger partial charge in [0.05, 0.1) is 12.2 Å². The van der Waals surface area contributed by atoms with Gasteiger partial charge in [0.25, 0.3) is 0 Å². The third-order valence-electron chi connectivity index (χ3n) is 4.65. The van der Waals surface area contributed by atoms with E-state index in [-0.39, 0.29) is 12.4 Å². The minimum absolute atomic E-state index is 0.196. The van der Waals surface area contributed by atoms with Gasteiger partial charge in [-0.3, -0.25) is 0 Å². The molecule has 6 nitrogen and oxygen atoms in total. The van der Waals surface area contributed by atoms with Gasteiger partial charge in [0, 0.05) is 32.1 Å². The lowest BCUT2D eigenvalue weighted by atomic mass is 10.0. The van der Waals surface area contributed by atoms with E-state index in [1.54, 1.807) is 23.0 Å². The molecule has 0 aliphatic rings. The maximum atomic E-state index is 14.5. The van der Waals surface area contributed by atoms with Crippen molar-refractivity contribution in [3.8, 4) is 5.69 Å². The fourth-order valence-corrected chi connectivity index (χ4v) is 3.17. The van der Waals surface area contributed by atoms with Crippen LogP contribution in [0.4, 0.5) is 4.39 Å². The second-order valence-electron chi connectivity index (χ2n) is 6.87. The molecule has 0 saturated carbocycles. The minimum Gasteiger partial charge on any atom is -0.396 e. The Balaban J connectivity index is 2.03. The molecule has 3 N–H and O–H groups in total. The number of nitrogens with zero attached hydrogens (tertiary/aromatic N) is 3. The van der Waals surface area contributed by atoms with E-state index < -0.39 is 0 Å². The molecule has 2 aromatic rings. The van der Waals surface area contributed by atoms with Crippen molar-refractivity contribution < 1.29 is 9.50 Å². The Morgan fingerprint density at radius 2 is 2.11 bits per heavy atom. The summed E-state index contributed by atoms with van der Waals surface area (Å²) in [4.78, 5) is 8.71. The molecule has 1 aromatic carbocycles. The highest BCUT2D eigenvalue weighted by Gasteiger charge is 2.10. The third-order valence-corrected chi connectivity index (χ3v) is 4.65. The molecule has 0 aliphatic carbocycles. The van der Waals surface area contributed by atoms with Crippen LogP contribution in [0.1, 0.15) is 44.5 Å². The number of aliphatic hydroxyl groups is 1. The number of benzene rings is 1. The van der Waals surface area contributed by atoms with Gasteiger partial charge in [-0.25, -0.2) is 14.4 Å². The normalized spacial score (nSPS) is 12.8. The fraction of sp³-hybridized carbons (Fsp3) is 0.524. The van der Waals surface area contributed by atoms with Gasteiger partial charge in [-0.2, -0.15) is 0 Å². The van der Waals surface area contributed by atoms with Crippen LogP contribution in [0.5, 0.6) is 0 Å². The van der Waals surface area contributed by atoms with Crippen molar-refractivity contribution in [2.24, 2.45) is 10.9 Å². The number of aromatic nitrogens is 2. The first-order chi connectivity index (χ1) is 13.6. The summed E-state index contributed by atoms with van der Waals surface area (Å²) >= 11 is 0. The number of hydrogen-bond donors (Lipinski definition) is 3. The van der Waals surface area contributed by atoms with Crippen molar-refractivity contribution in [2.75, 3.05) is 19.7 Å². The highest BCUT2D eigenvalue weighted by Crippen LogP contribution is 2.17. The summed E-state index contributed by atoms with van der Waals surface area (Å²) < 4.78 is 16.3. The van der Waals surface area contributed by atoms with E-state index in [0.29, 0.717) is 24.1 Å². The zero-order valence-electron chi connectivity index (χ0n) is 17.1. The maximum Gasteiger partial charge on any atom is 0.191 e. The molecule has 1 unspecified atom stereocenters. The van der Waals surface area contributed by atoms with Crippen LogP contribution in [0, 0.1) is 18.7 Å². The lowest BCUT2D eigenvalue weighted by Crippen LogP contribution is -2.40. The number of aliphatic imine (C=N–C) groups is 1. The van der Waals surface area contributed by atoms with Crippen molar-refractivity contribution in [3.63, 3.8) is 0 Å². The fourth-order valence-electron chi connectivity index (χ4n) is 3.17. The van der Waals surface area contributed by atoms with Crippen LogP contribution in [0.25, 0.3) is 5.69 Å². The molecule has 0 fully saturated rings. The highest BCUT2D eigenvalue weighted by atomic mass is 19.1. The Kier molecular flexibility index (Phi) is 8.94. The number of hydrogen-bond acceptors (Lipinski definition) is 3. The zero-order valence-corrected chi connectivity index (χ0v) is 17.1. The molecular formula is C21H32FN5O. The topological polar surface area (TPSA) is 74.5 Å². The largest absolute Gasteiger partial charge is 0.396 e. The molecule has 0 spiro atoms. The van der Waals surface area contributed by atoms with E-state index in [1.807, 2.05) is 19.9 Å². The molecule has 1 heterocycles. The number of rotatable bonds is 10. The number of aryl methyl sites for hydroxylation is 1. The predicted molar refractivity (Wildman–Crippen MR) is 111 cm³/mol. The van der Waals surface area contributed by atoms with Crippen LogP contribution in [-0.2, 0) is 6.54 Å². The molecule has 0 saturated heterocycles. The van der Waals surface area contributed by atoms with E-state index in [0.717, 1.165) is 43.7 Å². The first-order valence-corrected chi connectivity index (χ1v) is 10.0. The molecule has 0 bridgehead atoms. The number of guanidine groups is 1. The second kappa shape index (κ2) is 11.4. The van der Waals surface area contributed by atoms with Gasteiger partial charge < -0.3 is 20.3 Å². The Bertz CT molecular complexity index is 753. The second-order valence-corrected chi connectivity index (χ2v) is 6.87. The average Bonchev–Trinajstić information content (AvgIpc) is 3.10. The van der Waals surface area contributed by atoms with E-state index in [1.165, 1.54) is 6.07 Å². The number of aliphatic hydroxyl groups excluding tert-OH is 1. The van der Waals surface area contributed by atoms with Crippen molar-refractivity contribution in [3.05, 3.63) is 47.8 Å². The van der Waals surface area contributed by atoms with Crippen LogP contribution < -0.4 is 10.6 Å². The SMILES string of the molecule is CCCC(CCO)CNC(=NCc1ccc(-n2ccnc2C)c(F)c1)NCC. The van der Waals surface area contributed by atoms with Crippen molar-refractivity contribution in [1.29, 1.82) is 0 Å². The molecule has 0 amide bonds. The van der Waals surface area contributed by atoms with Gasteiger partial charge in [0.15, 0.2) is 5.96 Å². The van der Waals surface area contributed by atoms with Crippen LogP contribution >= 0.6 is 0 Å². The molecule has 0 aliphatic heterocycles. The summed E-state index contributed by atoms with van der Waals surface area (Å²) in [6.07, 6.45) is 6.33. The molecular weight excluding hydrogens is 357 g/mol. The monoisotopic (exact) mass is 389 g/mol. The molecule has 7 heteroatoms. The van der Waals surface area contributed by atoms with Crippen LogP contribution in [0.3, 0.4) is 0 Å². The van der Waals surface area contributed by atoms with Crippen LogP contribution in [0.2, 0.25) is 0 Å². The van der Waals surface area contributed by atoms with Crippen LogP contribution in [-0.4, -0.2) is 40.3 Å². The van der Waals surface area contributed by atoms with Gasteiger partial charge in [-0.1, -0.05) is 19.4 Å². The Hall–Kier alpha value is -2.41. The summed E-state index contributed by atoms with van der Waals surface area (Å²) in [6, 6.07) is 5.16. The molecule has 28 heavy (non-hydrogen) atoms. The molecule has 1 aromatic heterocycles. The molecule has 154 valence electrons. The summed E-state index contributed by atoms with van der Waals surface area (Å²) in [5.74, 6) is 1.57. The summed E-state index contributed by atoms with van der Waals surface area (Å²) in [7, 11) is 0. The summed E-state index contributed by atoms with van der Waals surface area (Å²) in [5, 5.41) is 15.8. The minimum atomic E-state index is -0.294.